The first-order chi connectivity index (χ1) is 10.2. The Morgan fingerprint density at radius 1 is 1.00 bits per heavy atom. The van der Waals surface area contributed by atoms with Crippen molar-refractivity contribution < 1.29 is 4.74 Å². The van der Waals surface area contributed by atoms with Crippen molar-refractivity contribution in [3.8, 4) is 0 Å². The van der Waals surface area contributed by atoms with Crippen LogP contribution in [0, 0.1) is 17.8 Å². The third-order valence-corrected chi connectivity index (χ3v) is 5.52. The Labute approximate surface area is 132 Å². The molecule has 21 heavy (non-hydrogen) atoms. The maximum Gasteiger partial charge on any atom is 0.0626 e. The summed E-state index contributed by atoms with van der Waals surface area (Å²) < 4.78 is 6.37. The van der Waals surface area contributed by atoms with Crippen LogP contribution in [0.25, 0.3) is 0 Å². The summed E-state index contributed by atoms with van der Waals surface area (Å²) in [4.78, 5) is 0. The Kier molecular flexibility index (Phi) is 7.53. The van der Waals surface area contributed by atoms with E-state index in [1.54, 1.807) is 0 Å². The molecule has 0 aliphatic heterocycles. The lowest BCUT2D eigenvalue weighted by molar-refractivity contribution is -0.0181. The third kappa shape index (κ3) is 5.90. The largest absolute Gasteiger partial charge is 0.377 e. The predicted molar refractivity (Wildman–Crippen MR) is 90.6 cm³/mol. The highest BCUT2D eigenvalue weighted by atomic mass is 16.5. The second kappa shape index (κ2) is 9.15. The first-order valence-corrected chi connectivity index (χ1v) is 9.54. The molecule has 0 amide bonds. The van der Waals surface area contributed by atoms with Crippen molar-refractivity contribution in [1.29, 1.82) is 0 Å². The minimum atomic E-state index is 0.512. The number of nitrogens with one attached hydrogen (secondary N) is 1. The molecular formula is C19H37NO. The molecule has 0 aromatic carbocycles. The molecule has 0 heterocycles. The van der Waals surface area contributed by atoms with Crippen LogP contribution in [-0.2, 0) is 4.74 Å². The summed E-state index contributed by atoms with van der Waals surface area (Å²) >= 11 is 0. The lowest BCUT2D eigenvalue weighted by Crippen LogP contribution is -2.43. The summed E-state index contributed by atoms with van der Waals surface area (Å²) in [7, 11) is 0. The summed E-state index contributed by atoms with van der Waals surface area (Å²) in [5.74, 6) is 2.54. The zero-order chi connectivity index (χ0) is 15.1. The summed E-state index contributed by atoms with van der Waals surface area (Å²) in [5, 5.41) is 3.78. The van der Waals surface area contributed by atoms with Gasteiger partial charge in [-0.25, -0.2) is 0 Å². The molecule has 0 aromatic heterocycles. The van der Waals surface area contributed by atoms with Gasteiger partial charge in [0, 0.05) is 6.04 Å². The van der Waals surface area contributed by atoms with Gasteiger partial charge in [-0.1, -0.05) is 40.0 Å². The van der Waals surface area contributed by atoms with E-state index in [-0.39, 0.29) is 0 Å². The molecule has 3 atom stereocenters. The van der Waals surface area contributed by atoms with Crippen molar-refractivity contribution in [2.75, 3.05) is 13.2 Å². The van der Waals surface area contributed by atoms with Crippen LogP contribution in [0.1, 0.15) is 78.6 Å². The van der Waals surface area contributed by atoms with Crippen LogP contribution < -0.4 is 5.32 Å². The Balaban J connectivity index is 1.79. The van der Waals surface area contributed by atoms with E-state index < -0.39 is 0 Å². The fourth-order valence-electron chi connectivity index (χ4n) is 4.48. The smallest absolute Gasteiger partial charge is 0.0626 e. The molecule has 1 N–H and O–H groups in total. The fourth-order valence-corrected chi connectivity index (χ4v) is 4.48. The average Bonchev–Trinajstić information content (AvgIpc) is 2.47. The number of ether oxygens (including phenoxy) is 1. The zero-order valence-electron chi connectivity index (χ0n) is 14.6. The Hall–Kier alpha value is -0.0800. The molecule has 2 aliphatic rings. The molecule has 124 valence electrons. The van der Waals surface area contributed by atoms with Crippen LogP contribution >= 0.6 is 0 Å². The highest BCUT2D eigenvalue weighted by Crippen LogP contribution is 2.31. The van der Waals surface area contributed by atoms with Crippen LogP contribution in [0.2, 0.25) is 0 Å². The van der Waals surface area contributed by atoms with E-state index in [4.69, 9.17) is 4.74 Å². The Morgan fingerprint density at radius 2 is 1.67 bits per heavy atom. The van der Waals surface area contributed by atoms with E-state index in [1.165, 1.54) is 57.8 Å². The van der Waals surface area contributed by atoms with Crippen molar-refractivity contribution in [3.63, 3.8) is 0 Å². The monoisotopic (exact) mass is 295 g/mol. The Bertz CT molecular complexity index is 265. The van der Waals surface area contributed by atoms with E-state index >= 15 is 0 Å². The second-order valence-electron chi connectivity index (χ2n) is 7.83. The van der Waals surface area contributed by atoms with Crippen molar-refractivity contribution in [1.82, 2.24) is 5.32 Å². The minimum Gasteiger partial charge on any atom is -0.377 e. The van der Waals surface area contributed by atoms with Crippen LogP contribution in [0.3, 0.4) is 0 Å². The molecule has 2 saturated carbocycles. The Morgan fingerprint density at radius 3 is 2.29 bits per heavy atom. The molecule has 2 heteroatoms. The van der Waals surface area contributed by atoms with Crippen molar-refractivity contribution in [2.24, 2.45) is 17.8 Å². The van der Waals surface area contributed by atoms with Crippen LogP contribution in [0.15, 0.2) is 0 Å². The number of hydrogen-bond acceptors (Lipinski definition) is 2. The number of hydrogen-bond donors (Lipinski definition) is 1. The first-order valence-electron chi connectivity index (χ1n) is 9.54. The van der Waals surface area contributed by atoms with E-state index in [0.29, 0.717) is 12.1 Å². The third-order valence-electron chi connectivity index (χ3n) is 5.52. The molecule has 0 aromatic rings. The first kappa shape index (κ1) is 17.3. The summed E-state index contributed by atoms with van der Waals surface area (Å²) in [6.45, 7) is 9.12. The van der Waals surface area contributed by atoms with Crippen LogP contribution in [0.5, 0.6) is 0 Å². The standard InChI is InChI=1S/C19H37NO/c1-4-10-20-19(17-8-6-5-7-9-17)14-21-18-12-15(2)11-16(3)13-18/h15-20H,4-14H2,1-3H3. The van der Waals surface area contributed by atoms with Gasteiger partial charge < -0.3 is 10.1 Å². The molecule has 0 bridgehead atoms. The average molecular weight is 296 g/mol. The minimum absolute atomic E-state index is 0.512. The molecule has 0 radical (unpaired) electrons. The van der Waals surface area contributed by atoms with Crippen molar-refractivity contribution in [2.45, 2.75) is 90.7 Å². The van der Waals surface area contributed by atoms with Gasteiger partial charge in [-0.05, 0) is 62.8 Å². The van der Waals surface area contributed by atoms with E-state index in [1.807, 2.05) is 0 Å². The topological polar surface area (TPSA) is 21.3 Å². The van der Waals surface area contributed by atoms with Crippen molar-refractivity contribution in [3.05, 3.63) is 0 Å². The highest BCUT2D eigenvalue weighted by molar-refractivity contribution is 4.81. The maximum atomic E-state index is 6.37. The molecule has 0 saturated heterocycles. The fraction of sp³-hybridized carbons (Fsp3) is 1.00. The van der Waals surface area contributed by atoms with E-state index in [0.717, 1.165) is 30.9 Å². The molecule has 2 aliphatic carbocycles. The molecule has 2 fully saturated rings. The second-order valence-corrected chi connectivity index (χ2v) is 7.83. The van der Waals surface area contributed by atoms with Crippen LogP contribution in [-0.4, -0.2) is 25.3 Å². The highest BCUT2D eigenvalue weighted by Gasteiger charge is 2.27. The number of rotatable bonds is 7. The molecule has 2 rings (SSSR count). The molecule has 0 spiro atoms. The van der Waals surface area contributed by atoms with Gasteiger partial charge in [0.2, 0.25) is 0 Å². The molecular weight excluding hydrogens is 258 g/mol. The lowest BCUT2D eigenvalue weighted by atomic mass is 9.81. The van der Waals surface area contributed by atoms with E-state index in [9.17, 15) is 0 Å². The van der Waals surface area contributed by atoms with Crippen molar-refractivity contribution >= 4 is 0 Å². The SMILES string of the molecule is CCCNC(COC1CC(C)CC(C)C1)C1CCCCC1. The van der Waals surface area contributed by atoms with Gasteiger partial charge in [0.05, 0.1) is 12.7 Å². The quantitative estimate of drug-likeness (QED) is 0.730. The van der Waals surface area contributed by atoms with Gasteiger partial charge in [-0.15, -0.1) is 0 Å². The predicted octanol–water partition coefficient (Wildman–Crippen LogP) is 4.78. The molecule has 2 nitrogen and oxygen atoms in total. The van der Waals surface area contributed by atoms with Gasteiger partial charge >= 0.3 is 0 Å². The normalized spacial score (nSPS) is 33.0. The maximum absolute atomic E-state index is 6.37. The van der Waals surface area contributed by atoms with Crippen LogP contribution in [0.4, 0.5) is 0 Å². The summed E-state index contributed by atoms with van der Waals surface area (Å²) in [6, 6.07) is 0.595. The summed E-state index contributed by atoms with van der Waals surface area (Å²) in [5.41, 5.74) is 0. The molecule has 3 unspecified atom stereocenters. The van der Waals surface area contributed by atoms with E-state index in [2.05, 4.69) is 26.1 Å². The van der Waals surface area contributed by atoms with Gasteiger partial charge in [0.1, 0.15) is 0 Å². The van der Waals surface area contributed by atoms with Gasteiger partial charge in [-0.3, -0.25) is 0 Å². The van der Waals surface area contributed by atoms with Gasteiger partial charge in [0.25, 0.3) is 0 Å². The zero-order valence-corrected chi connectivity index (χ0v) is 14.6. The van der Waals surface area contributed by atoms with Gasteiger partial charge in [0.15, 0.2) is 0 Å². The lowest BCUT2D eigenvalue weighted by Gasteiger charge is -2.35. The van der Waals surface area contributed by atoms with Gasteiger partial charge in [-0.2, -0.15) is 0 Å². The summed E-state index contributed by atoms with van der Waals surface area (Å²) in [6.07, 6.45) is 12.8.